The van der Waals surface area contributed by atoms with E-state index in [1.807, 2.05) is 13.8 Å². The summed E-state index contributed by atoms with van der Waals surface area (Å²) in [6, 6.07) is 0. The number of ketones is 1. The van der Waals surface area contributed by atoms with Crippen molar-refractivity contribution in [2.24, 2.45) is 52.3 Å². The van der Waals surface area contributed by atoms with Gasteiger partial charge in [-0.15, -0.1) is 0 Å². The zero-order valence-electron chi connectivity index (χ0n) is 21.7. The molecule has 0 radical (unpaired) electrons. The van der Waals surface area contributed by atoms with E-state index in [1.54, 1.807) is 0 Å². The molecule has 0 saturated heterocycles. The van der Waals surface area contributed by atoms with Crippen molar-refractivity contribution < 1.29 is 27.1 Å². The molecule has 4 unspecified atom stereocenters. The van der Waals surface area contributed by atoms with Gasteiger partial charge < -0.3 is 5.11 Å². The molecule has 0 heterocycles. The van der Waals surface area contributed by atoms with Crippen molar-refractivity contribution in [1.29, 1.82) is 0 Å². The lowest BCUT2D eigenvalue weighted by atomic mass is 9.44. The van der Waals surface area contributed by atoms with Crippen LogP contribution in [0.2, 0.25) is 0 Å². The van der Waals surface area contributed by atoms with Gasteiger partial charge in [-0.3, -0.25) is 9.35 Å². The molecule has 7 heteroatoms. The zero-order chi connectivity index (χ0) is 25.1. The molecule has 4 rings (SSSR count). The minimum absolute atomic E-state index is 0.00456. The fraction of sp³-hybridized carbons (Fsp3) is 0.963. The fourth-order valence-corrected chi connectivity index (χ4v) is 9.90. The van der Waals surface area contributed by atoms with Crippen LogP contribution >= 0.6 is 0 Å². The predicted molar refractivity (Wildman–Crippen MR) is 131 cm³/mol. The second-order valence-corrected chi connectivity index (χ2v) is 14.2. The van der Waals surface area contributed by atoms with Crippen LogP contribution in [0.4, 0.5) is 0 Å². The highest BCUT2D eigenvalue weighted by atomic mass is 32.3. The van der Waals surface area contributed by atoms with Crippen LogP contribution in [0.5, 0.6) is 0 Å². The number of hydrogen-bond donors (Lipinski definition) is 2. The summed E-state index contributed by atoms with van der Waals surface area (Å²) in [7, 11) is -4.45. The molecule has 6 nitrogen and oxygen atoms in total. The van der Waals surface area contributed by atoms with Crippen molar-refractivity contribution in [2.75, 3.05) is 0 Å². The van der Waals surface area contributed by atoms with E-state index in [2.05, 4.69) is 20.8 Å². The first-order valence-corrected chi connectivity index (χ1v) is 15.0. The Hall–Kier alpha value is -0.500. The molecule has 4 aliphatic rings. The molecule has 0 amide bonds. The Kier molecular flexibility index (Phi) is 7.36. The molecule has 0 aromatic rings. The normalized spacial score (nSPS) is 44.3. The van der Waals surface area contributed by atoms with E-state index in [1.165, 1.54) is 6.42 Å². The average Bonchev–Trinajstić information content (AvgIpc) is 3.08. The SMILES string of the molecule is CC(C)[C@@H](CC[C@@H](C)C1CCC2C3C(CC[C@@]21C)[C@@]1(C)CCC(=O)C[C@@H]1C[C@H]3O)OS(=O)(=O)O. The van der Waals surface area contributed by atoms with E-state index in [0.717, 1.165) is 38.5 Å². The van der Waals surface area contributed by atoms with Gasteiger partial charge in [0.2, 0.25) is 0 Å². The Morgan fingerprint density at radius 3 is 2.35 bits per heavy atom. The van der Waals surface area contributed by atoms with Gasteiger partial charge >= 0.3 is 10.4 Å². The van der Waals surface area contributed by atoms with Crippen molar-refractivity contribution in [2.45, 2.75) is 111 Å². The Morgan fingerprint density at radius 2 is 1.71 bits per heavy atom. The number of aliphatic hydroxyl groups is 1. The van der Waals surface area contributed by atoms with Gasteiger partial charge in [-0.1, -0.05) is 34.6 Å². The Balaban J connectivity index is 1.47. The van der Waals surface area contributed by atoms with Crippen molar-refractivity contribution in [3.05, 3.63) is 0 Å². The molecule has 10 atom stereocenters. The van der Waals surface area contributed by atoms with Gasteiger partial charge in [-0.2, -0.15) is 8.42 Å². The first-order valence-electron chi connectivity index (χ1n) is 13.6. The van der Waals surface area contributed by atoms with Crippen LogP contribution in [-0.2, 0) is 19.4 Å². The summed E-state index contributed by atoms with van der Waals surface area (Å²) in [5.74, 6) is 3.04. The molecule has 0 aliphatic heterocycles. The van der Waals surface area contributed by atoms with Crippen molar-refractivity contribution in [3.63, 3.8) is 0 Å². The summed E-state index contributed by atoms with van der Waals surface area (Å²) in [5, 5.41) is 11.4. The highest BCUT2D eigenvalue weighted by molar-refractivity contribution is 7.80. The summed E-state index contributed by atoms with van der Waals surface area (Å²) < 4.78 is 36.7. The largest absolute Gasteiger partial charge is 0.397 e. The molecular formula is C27H46O6S. The smallest absolute Gasteiger partial charge is 0.393 e. The first kappa shape index (κ1) is 26.6. The Bertz CT molecular complexity index is 870. The monoisotopic (exact) mass is 498 g/mol. The maximum absolute atomic E-state index is 12.2. The lowest BCUT2D eigenvalue weighted by molar-refractivity contribution is -0.169. The molecule has 196 valence electrons. The number of aliphatic hydroxyl groups excluding tert-OH is 1. The maximum atomic E-state index is 12.2. The molecule has 2 N–H and O–H groups in total. The molecule has 0 aromatic heterocycles. The van der Waals surface area contributed by atoms with E-state index in [4.69, 9.17) is 8.74 Å². The highest BCUT2D eigenvalue weighted by Crippen LogP contribution is 2.68. The lowest BCUT2D eigenvalue weighted by Gasteiger charge is -2.62. The maximum Gasteiger partial charge on any atom is 0.397 e. The van der Waals surface area contributed by atoms with Crippen molar-refractivity contribution in [3.8, 4) is 0 Å². The minimum atomic E-state index is -4.45. The van der Waals surface area contributed by atoms with Crippen LogP contribution in [0.1, 0.15) is 98.8 Å². The third-order valence-corrected chi connectivity index (χ3v) is 11.6. The van der Waals surface area contributed by atoms with E-state index in [0.29, 0.717) is 60.6 Å². The number of Topliss-reactive ketones (excluding diaryl/α,β-unsaturated/α-hetero) is 1. The van der Waals surface area contributed by atoms with Crippen LogP contribution in [0.25, 0.3) is 0 Å². The van der Waals surface area contributed by atoms with Gasteiger partial charge in [0.25, 0.3) is 0 Å². The van der Waals surface area contributed by atoms with Crippen LogP contribution < -0.4 is 0 Å². The van der Waals surface area contributed by atoms with Gasteiger partial charge in [0.1, 0.15) is 5.78 Å². The molecule has 4 aliphatic carbocycles. The number of carbonyl (C=O) groups excluding carboxylic acids is 1. The third-order valence-electron chi connectivity index (χ3n) is 11.2. The number of hydrogen-bond acceptors (Lipinski definition) is 5. The van der Waals surface area contributed by atoms with Crippen LogP contribution in [0, 0.1) is 52.3 Å². The van der Waals surface area contributed by atoms with Crippen LogP contribution in [0.15, 0.2) is 0 Å². The predicted octanol–water partition coefficient (Wildman–Crippen LogP) is 5.45. The summed E-state index contributed by atoms with van der Waals surface area (Å²) in [4.78, 5) is 12.2. The summed E-state index contributed by atoms with van der Waals surface area (Å²) in [6.45, 7) is 11.0. The van der Waals surface area contributed by atoms with Crippen molar-refractivity contribution >= 4 is 16.2 Å². The highest BCUT2D eigenvalue weighted by Gasteiger charge is 2.62. The van der Waals surface area contributed by atoms with E-state index >= 15 is 0 Å². The van der Waals surface area contributed by atoms with E-state index in [-0.39, 0.29) is 22.9 Å². The topological polar surface area (TPSA) is 101 Å². The van der Waals surface area contributed by atoms with Crippen LogP contribution in [-0.4, -0.2) is 36.1 Å². The summed E-state index contributed by atoms with van der Waals surface area (Å²) in [5.41, 5.74) is 0.368. The second kappa shape index (κ2) is 9.42. The van der Waals surface area contributed by atoms with E-state index < -0.39 is 16.5 Å². The van der Waals surface area contributed by atoms with Crippen molar-refractivity contribution in [1.82, 2.24) is 0 Å². The second-order valence-electron chi connectivity index (χ2n) is 13.1. The lowest BCUT2D eigenvalue weighted by Crippen LogP contribution is -2.58. The summed E-state index contributed by atoms with van der Waals surface area (Å²) >= 11 is 0. The minimum Gasteiger partial charge on any atom is -0.393 e. The van der Waals surface area contributed by atoms with E-state index in [9.17, 15) is 18.3 Å². The fourth-order valence-electron chi connectivity index (χ4n) is 9.27. The first-order chi connectivity index (χ1) is 15.8. The molecule has 0 bridgehead atoms. The number of rotatable bonds is 7. The van der Waals surface area contributed by atoms with Gasteiger partial charge in [0, 0.05) is 12.8 Å². The number of fused-ring (bicyclic) bond motifs is 5. The van der Waals surface area contributed by atoms with Gasteiger partial charge in [-0.25, -0.2) is 4.18 Å². The molecule has 0 aromatic carbocycles. The quantitative estimate of drug-likeness (QED) is 0.453. The zero-order valence-corrected chi connectivity index (χ0v) is 22.5. The standard InChI is InChI=1S/C27H46O6S/c1-16(2)24(33-34(30,31)32)9-6-17(3)20-7-8-21-25-22(11-13-27(20,21)5)26(4)12-10-19(28)14-18(26)15-23(25)29/h16-18,20-25,29H,6-15H2,1-5H3,(H,30,31,32)/t17-,18-,20?,21?,22?,23-,24-,25?,26+,27-/m1/s1. The Morgan fingerprint density at radius 1 is 1.03 bits per heavy atom. The molecular weight excluding hydrogens is 452 g/mol. The van der Waals surface area contributed by atoms with Gasteiger partial charge in [-0.05, 0) is 104 Å². The molecule has 34 heavy (non-hydrogen) atoms. The average molecular weight is 499 g/mol. The summed E-state index contributed by atoms with van der Waals surface area (Å²) in [6.07, 6.45) is 8.40. The Labute approximate surface area is 206 Å². The molecule has 4 saturated carbocycles. The van der Waals surface area contributed by atoms with Gasteiger partial charge in [0.15, 0.2) is 0 Å². The van der Waals surface area contributed by atoms with Gasteiger partial charge in [0.05, 0.1) is 12.2 Å². The third kappa shape index (κ3) is 4.76. The molecule has 0 spiro atoms. The number of carbonyl (C=O) groups is 1. The molecule has 4 fully saturated rings. The van der Waals surface area contributed by atoms with Crippen LogP contribution in [0.3, 0.4) is 0 Å².